The topological polar surface area (TPSA) is 62.1 Å². The van der Waals surface area contributed by atoms with E-state index in [0.717, 1.165) is 29.9 Å². The van der Waals surface area contributed by atoms with Crippen molar-refractivity contribution in [1.29, 1.82) is 0 Å². The molecule has 0 saturated carbocycles. The van der Waals surface area contributed by atoms with Gasteiger partial charge in [0.25, 0.3) is 0 Å². The van der Waals surface area contributed by atoms with Crippen molar-refractivity contribution in [2.45, 2.75) is 25.5 Å². The van der Waals surface area contributed by atoms with E-state index in [4.69, 9.17) is 11.6 Å². The molecule has 0 saturated heterocycles. The Kier molecular flexibility index (Phi) is 4.65. The number of rotatable bonds is 5. The van der Waals surface area contributed by atoms with Crippen LogP contribution in [0.5, 0.6) is 0 Å². The normalized spacial score (nSPS) is 16.0. The molecule has 0 spiro atoms. The lowest BCUT2D eigenvalue weighted by molar-refractivity contribution is 0.375. The lowest BCUT2D eigenvalue weighted by atomic mass is 10.2. The minimum Gasteiger partial charge on any atom is -0.341 e. The molecule has 0 amide bonds. The standard InChI is InChI=1S/C18H17ClF2N6/c1-2-5-26-10-15-17(25-18(26)19)24-16(23-15)12-7-22-27(9-12)8-11-3-4-13(20)6-14(11)21/h3-4,6-7,9-10,18H,2,5,8H2,1H3,(H,23,24,25). The number of fused-ring (bicyclic) bond motifs is 1. The fourth-order valence-electron chi connectivity index (χ4n) is 2.93. The highest BCUT2D eigenvalue weighted by Crippen LogP contribution is 2.15. The maximum Gasteiger partial charge on any atom is 0.199 e. The second-order valence-electron chi connectivity index (χ2n) is 6.29. The number of hydrogen-bond donors (Lipinski definition) is 1. The van der Waals surface area contributed by atoms with Crippen molar-refractivity contribution in [3.05, 3.63) is 58.6 Å². The first-order valence-corrected chi connectivity index (χ1v) is 8.99. The highest BCUT2D eigenvalue weighted by molar-refractivity contribution is 6.20. The van der Waals surface area contributed by atoms with Gasteiger partial charge in [0.1, 0.15) is 22.8 Å². The van der Waals surface area contributed by atoms with Crippen LogP contribution in [-0.4, -0.2) is 36.8 Å². The van der Waals surface area contributed by atoms with Crippen LogP contribution in [-0.2, 0) is 6.54 Å². The number of halogens is 3. The Morgan fingerprint density at radius 1 is 1.30 bits per heavy atom. The molecule has 3 heterocycles. The van der Waals surface area contributed by atoms with Crippen molar-refractivity contribution in [3.63, 3.8) is 0 Å². The molecule has 0 aliphatic carbocycles. The van der Waals surface area contributed by atoms with Crippen LogP contribution in [0, 0.1) is 11.6 Å². The van der Waals surface area contributed by atoms with Gasteiger partial charge in [0.15, 0.2) is 11.1 Å². The van der Waals surface area contributed by atoms with Gasteiger partial charge in [-0.15, -0.1) is 0 Å². The third-order valence-corrected chi connectivity index (χ3v) is 4.59. The molecule has 1 aliphatic heterocycles. The Labute approximate surface area is 158 Å². The zero-order valence-corrected chi connectivity index (χ0v) is 15.3. The van der Waals surface area contributed by atoms with E-state index >= 15 is 0 Å². The number of hydrogen-bond acceptors (Lipinski definition) is 4. The molecule has 1 aliphatic rings. The van der Waals surface area contributed by atoms with Gasteiger partial charge in [-0.05, 0) is 12.5 Å². The summed E-state index contributed by atoms with van der Waals surface area (Å²) < 4.78 is 28.4. The molecule has 0 fully saturated rings. The van der Waals surface area contributed by atoms with Gasteiger partial charge < -0.3 is 9.88 Å². The number of nitrogens with one attached hydrogen (secondary N) is 1. The summed E-state index contributed by atoms with van der Waals surface area (Å²) in [7, 11) is 0. The summed E-state index contributed by atoms with van der Waals surface area (Å²) in [6, 6.07) is 3.50. The summed E-state index contributed by atoms with van der Waals surface area (Å²) in [4.78, 5) is 14.0. The number of aromatic nitrogens is 4. The lowest BCUT2D eigenvalue weighted by Crippen LogP contribution is -2.40. The third-order valence-electron chi connectivity index (χ3n) is 4.25. The predicted octanol–water partition coefficient (Wildman–Crippen LogP) is 2.21. The zero-order valence-electron chi connectivity index (χ0n) is 14.5. The quantitative estimate of drug-likeness (QED) is 0.536. The number of alkyl halides is 1. The van der Waals surface area contributed by atoms with E-state index < -0.39 is 17.3 Å². The lowest BCUT2D eigenvalue weighted by Gasteiger charge is -2.23. The van der Waals surface area contributed by atoms with Crippen LogP contribution in [0.3, 0.4) is 0 Å². The smallest absolute Gasteiger partial charge is 0.199 e. The van der Waals surface area contributed by atoms with Crippen molar-refractivity contribution in [2.75, 3.05) is 6.54 Å². The van der Waals surface area contributed by atoms with Crippen LogP contribution >= 0.6 is 11.6 Å². The second-order valence-corrected chi connectivity index (χ2v) is 6.68. The average Bonchev–Trinajstić information content (AvgIpc) is 3.24. The van der Waals surface area contributed by atoms with E-state index in [1.54, 1.807) is 17.1 Å². The maximum absolute atomic E-state index is 13.8. The van der Waals surface area contributed by atoms with E-state index in [0.29, 0.717) is 16.9 Å². The van der Waals surface area contributed by atoms with Crippen molar-refractivity contribution < 1.29 is 8.78 Å². The van der Waals surface area contributed by atoms with Gasteiger partial charge in [-0.2, -0.15) is 5.10 Å². The molecule has 2 aromatic heterocycles. The van der Waals surface area contributed by atoms with Gasteiger partial charge in [0.05, 0.1) is 18.3 Å². The highest BCUT2D eigenvalue weighted by Gasteiger charge is 2.17. The van der Waals surface area contributed by atoms with Gasteiger partial charge in [-0.25, -0.2) is 18.8 Å². The molecular formula is C18H17ClF2N6. The van der Waals surface area contributed by atoms with E-state index in [2.05, 4.69) is 27.0 Å². The first kappa shape index (κ1) is 17.7. The van der Waals surface area contributed by atoms with Gasteiger partial charge in [-0.1, -0.05) is 24.6 Å². The minimum atomic E-state index is -0.603. The first-order chi connectivity index (χ1) is 13.0. The summed E-state index contributed by atoms with van der Waals surface area (Å²) in [5, 5.41) is 5.02. The molecule has 1 unspecified atom stereocenters. The second kappa shape index (κ2) is 7.11. The van der Waals surface area contributed by atoms with E-state index in [-0.39, 0.29) is 6.54 Å². The van der Waals surface area contributed by atoms with Crippen LogP contribution in [0.2, 0.25) is 0 Å². The SMILES string of the molecule is CCCN1C=c2[nH]c(-c3cnn(Cc4ccc(F)cc4F)c3)nc2=NC1Cl. The zero-order chi connectivity index (χ0) is 19.0. The van der Waals surface area contributed by atoms with E-state index in [1.165, 1.54) is 12.1 Å². The summed E-state index contributed by atoms with van der Waals surface area (Å²) in [5.74, 6) is -0.598. The number of benzene rings is 1. The average molecular weight is 391 g/mol. The van der Waals surface area contributed by atoms with Crippen LogP contribution in [0.25, 0.3) is 17.6 Å². The van der Waals surface area contributed by atoms with E-state index in [1.807, 2.05) is 11.1 Å². The maximum atomic E-state index is 13.8. The molecule has 0 bridgehead atoms. The van der Waals surface area contributed by atoms with Gasteiger partial charge in [0, 0.05) is 30.6 Å². The molecule has 1 atom stereocenters. The largest absolute Gasteiger partial charge is 0.341 e. The molecule has 1 N–H and O–H groups in total. The number of aromatic amines is 1. The monoisotopic (exact) mass is 390 g/mol. The Bertz CT molecular complexity index is 1090. The van der Waals surface area contributed by atoms with Crippen LogP contribution in [0.15, 0.2) is 35.6 Å². The minimum absolute atomic E-state index is 0.192. The van der Waals surface area contributed by atoms with Gasteiger partial charge in [0.2, 0.25) is 0 Å². The summed E-state index contributed by atoms with van der Waals surface area (Å²) in [6.45, 7) is 3.06. The Morgan fingerprint density at radius 2 is 2.15 bits per heavy atom. The van der Waals surface area contributed by atoms with Crippen LogP contribution in [0.1, 0.15) is 18.9 Å². The molecule has 3 aromatic rings. The van der Waals surface area contributed by atoms with Crippen LogP contribution < -0.4 is 10.8 Å². The Hall–Kier alpha value is -2.74. The first-order valence-electron chi connectivity index (χ1n) is 8.56. The molecule has 1 aromatic carbocycles. The van der Waals surface area contributed by atoms with Crippen molar-refractivity contribution >= 4 is 17.8 Å². The molecule has 4 rings (SSSR count). The van der Waals surface area contributed by atoms with Gasteiger partial charge >= 0.3 is 0 Å². The van der Waals surface area contributed by atoms with Gasteiger partial charge in [-0.3, -0.25) is 4.68 Å². The third kappa shape index (κ3) is 3.57. The van der Waals surface area contributed by atoms with Crippen molar-refractivity contribution in [1.82, 2.24) is 24.6 Å². The van der Waals surface area contributed by atoms with Crippen molar-refractivity contribution in [3.8, 4) is 11.4 Å². The summed E-state index contributed by atoms with van der Waals surface area (Å²) >= 11 is 6.26. The fraction of sp³-hybridized carbons (Fsp3) is 0.278. The Balaban J connectivity index is 1.60. The number of imidazole rings is 1. The van der Waals surface area contributed by atoms with Crippen molar-refractivity contribution in [2.24, 2.45) is 4.99 Å². The predicted molar refractivity (Wildman–Crippen MR) is 97.2 cm³/mol. The number of H-pyrrole nitrogens is 1. The Morgan fingerprint density at radius 3 is 2.93 bits per heavy atom. The number of nitrogens with zero attached hydrogens (tertiary/aromatic N) is 5. The van der Waals surface area contributed by atoms with Crippen LogP contribution in [0.4, 0.5) is 8.78 Å². The molecule has 6 nitrogen and oxygen atoms in total. The molecular weight excluding hydrogens is 374 g/mol. The van der Waals surface area contributed by atoms with E-state index in [9.17, 15) is 8.78 Å². The molecule has 0 radical (unpaired) electrons. The summed E-state index contributed by atoms with van der Waals surface area (Å²) in [6.07, 6.45) is 6.25. The highest BCUT2D eigenvalue weighted by atomic mass is 35.5. The fourth-order valence-corrected chi connectivity index (χ4v) is 3.18. The molecule has 27 heavy (non-hydrogen) atoms. The molecule has 140 valence electrons. The summed E-state index contributed by atoms with van der Waals surface area (Å²) in [5.41, 5.74) is 1.17. The molecule has 9 heteroatoms.